The summed E-state index contributed by atoms with van der Waals surface area (Å²) in [5.41, 5.74) is 5.02. The molecule has 2 aromatic heterocycles. The van der Waals surface area contributed by atoms with Crippen molar-refractivity contribution in [1.82, 2.24) is 15.0 Å². The van der Waals surface area contributed by atoms with Gasteiger partial charge in [-0.05, 0) is 49.4 Å². The van der Waals surface area contributed by atoms with E-state index in [9.17, 15) is 0 Å². The van der Waals surface area contributed by atoms with Crippen molar-refractivity contribution in [3.8, 4) is 22.6 Å². The molecule has 2 aliphatic carbocycles. The van der Waals surface area contributed by atoms with E-state index < -0.39 is 5.79 Å². The van der Waals surface area contributed by atoms with Gasteiger partial charge in [0.25, 0.3) is 0 Å². The van der Waals surface area contributed by atoms with Crippen LogP contribution in [0, 0.1) is 11.7 Å². The zero-order chi connectivity index (χ0) is 24.3. The van der Waals surface area contributed by atoms with Crippen LogP contribution in [-0.4, -0.2) is 34.0 Å². The van der Waals surface area contributed by atoms with E-state index in [2.05, 4.69) is 11.9 Å². The van der Waals surface area contributed by atoms with Crippen LogP contribution in [0.3, 0.4) is 0 Å². The second-order valence-corrected chi connectivity index (χ2v) is 10.5. The lowest BCUT2D eigenvalue weighted by Crippen LogP contribution is -2.49. The molecule has 182 valence electrons. The second kappa shape index (κ2) is 8.15. The molecular formula is C30H28FN3O2. The molecule has 2 fully saturated rings. The number of rotatable bonds is 2. The van der Waals surface area contributed by atoms with Crippen molar-refractivity contribution in [2.45, 2.75) is 50.2 Å². The van der Waals surface area contributed by atoms with Crippen LogP contribution >= 0.6 is 0 Å². The Kier molecular flexibility index (Phi) is 4.98. The van der Waals surface area contributed by atoms with Crippen LogP contribution in [0.2, 0.25) is 0 Å². The molecule has 0 unspecified atom stereocenters. The van der Waals surface area contributed by atoms with E-state index in [4.69, 9.17) is 19.4 Å². The molecule has 1 aliphatic heterocycles. The lowest BCUT2D eigenvalue weighted by molar-refractivity contribution is -0.199. The highest BCUT2D eigenvalue weighted by Gasteiger charge is 2.53. The highest BCUT2D eigenvalue weighted by molar-refractivity contribution is 5.92. The maximum Gasteiger partial charge on any atom is 0.168 e. The van der Waals surface area contributed by atoms with E-state index in [1.165, 1.54) is 6.07 Å². The van der Waals surface area contributed by atoms with Crippen molar-refractivity contribution in [2.24, 2.45) is 5.92 Å². The minimum atomic E-state index is -0.451. The molecule has 0 radical (unpaired) electrons. The molecule has 0 N–H and O–H groups in total. The summed E-state index contributed by atoms with van der Waals surface area (Å²) in [4.78, 5) is 14.9. The Morgan fingerprint density at radius 1 is 0.917 bits per heavy atom. The van der Waals surface area contributed by atoms with Gasteiger partial charge in [0, 0.05) is 46.5 Å². The molecule has 3 heterocycles. The van der Waals surface area contributed by atoms with Crippen molar-refractivity contribution in [3.05, 3.63) is 77.9 Å². The number of hydrogen-bond donors (Lipinski definition) is 0. The number of halogens is 1. The smallest absolute Gasteiger partial charge is 0.168 e. The first-order chi connectivity index (χ1) is 17.6. The molecule has 2 atom stereocenters. The van der Waals surface area contributed by atoms with Crippen LogP contribution < -0.4 is 0 Å². The molecular weight excluding hydrogens is 453 g/mol. The van der Waals surface area contributed by atoms with Crippen molar-refractivity contribution in [1.29, 1.82) is 0 Å². The van der Waals surface area contributed by atoms with Gasteiger partial charge in [0.2, 0.25) is 0 Å². The van der Waals surface area contributed by atoms with Crippen LogP contribution in [0.1, 0.15) is 43.9 Å². The summed E-state index contributed by atoms with van der Waals surface area (Å²) in [6.45, 7) is 3.65. The molecule has 5 nitrogen and oxygen atoms in total. The van der Waals surface area contributed by atoms with E-state index in [0.717, 1.165) is 59.8 Å². The summed E-state index contributed by atoms with van der Waals surface area (Å²) in [6, 6.07) is 16.9. The highest BCUT2D eigenvalue weighted by Crippen LogP contribution is 2.55. The number of fused-ring (bicyclic) bond motifs is 4. The van der Waals surface area contributed by atoms with Gasteiger partial charge >= 0.3 is 0 Å². The number of hydrogen-bond acceptors (Lipinski definition) is 5. The summed E-state index contributed by atoms with van der Waals surface area (Å²) in [5, 5.41) is 0.993. The SMILES string of the molecule is C[C@@]12CCC3(C[C@@H]1CCc1c(-c4ccccc4F)nc(-c4ccnc5ccccc45)nc12)OCCO3. The first-order valence-corrected chi connectivity index (χ1v) is 12.8. The fourth-order valence-corrected chi connectivity index (χ4v) is 6.65. The van der Waals surface area contributed by atoms with Crippen LogP contribution in [0.4, 0.5) is 4.39 Å². The number of para-hydroxylation sites is 1. The predicted molar refractivity (Wildman–Crippen MR) is 136 cm³/mol. The summed E-state index contributed by atoms with van der Waals surface area (Å²) >= 11 is 0. The van der Waals surface area contributed by atoms with Crippen molar-refractivity contribution in [2.75, 3.05) is 13.2 Å². The third kappa shape index (κ3) is 3.31. The molecule has 0 amide bonds. The van der Waals surface area contributed by atoms with Gasteiger partial charge < -0.3 is 9.47 Å². The van der Waals surface area contributed by atoms with E-state index in [1.54, 1.807) is 12.3 Å². The molecule has 3 aliphatic rings. The van der Waals surface area contributed by atoms with Gasteiger partial charge in [-0.25, -0.2) is 14.4 Å². The van der Waals surface area contributed by atoms with E-state index in [0.29, 0.717) is 36.2 Å². The molecule has 4 aromatic rings. The largest absolute Gasteiger partial charge is 0.348 e. The Hall–Kier alpha value is -3.22. The normalized spacial score (nSPS) is 24.6. The van der Waals surface area contributed by atoms with Gasteiger partial charge in [-0.3, -0.25) is 4.98 Å². The molecule has 36 heavy (non-hydrogen) atoms. The zero-order valence-corrected chi connectivity index (χ0v) is 20.3. The molecule has 1 spiro atoms. The number of aromatic nitrogens is 3. The lowest BCUT2D eigenvalue weighted by atomic mass is 9.58. The minimum Gasteiger partial charge on any atom is -0.348 e. The Balaban J connectivity index is 1.45. The molecule has 0 bridgehead atoms. The summed E-state index contributed by atoms with van der Waals surface area (Å²) in [6.07, 6.45) is 6.22. The first-order valence-electron chi connectivity index (χ1n) is 12.8. The van der Waals surface area contributed by atoms with E-state index >= 15 is 4.39 Å². The van der Waals surface area contributed by atoms with Gasteiger partial charge in [-0.2, -0.15) is 0 Å². The quantitative estimate of drug-likeness (QED) is 0.339. The Bertz CT molecular complexity index is 1480. The van der Waals surface area contributed by atoms with Crippen LogP contribution in [-0.2, 0) is 21.3 Å². The zero-order valence-electron chi connectivity index (χ0n) is 20.3. The van der Waals surface area contributed by atoms with E-state index in [-0.39, 0.29) is 11.2 Å². The standard InChI is InChI=1S/C30H28FN3O2/c1-29-13-14-30(35-16-17-36-30)18-19(29)10-11-23-26(22-7-2-4-8-24(22)31)33-28(34-27(23)29)21-12-15-32-25-9-5-3-6-20(21)25/h2-9,12,15,19H,10-11,13-14,16-18H2,1H3/t19-,29+/m0/s1. The van der Waals surface area contributed by atoms with Crippen LogP contribution in [0.15, 0.2) is 60.8 Å². The second-order valence-electron chi connectivity index (χ2n) is 10.5. The number of pyridine rings is 1. The number of benzene rings is 2. The van der Waals surface area contributed by atoms with Crippen molar-refractivity contribution in [3.63, 3.8) is 0 Å². The Labute approximate surface area is 209 Å². The fourth-order valence-electron chi connectivity index (χ4n) is 6.65. The van der Waals surface area contributed by atoms with Crippen LogP contribution in [0.5, 0.6) is 0 Å². The van der Waals surface area contributed by atoms with Gasteiger partial charge in [-0.1, -0.05) is 37.3 Å². The minimum absolute atomic E-state index is 0.158. The average Bonchev–Trinajstić information content (AvgIpc) is 3.37. The van der Waals surface area contributed by atoms with Crippen LogP contribution in [0.25, 0.3) is 33.5 Å². The monoisotopic (exact) mass is 481 g/mol. The maximum atomic E-state index is 15.2. The van der Waals surface area contributed by atoms with Crippen molar-refractivity contribution < 1.29 is 13.9 Å². The molecule has 6 heteroatoms. The third-order valence-electron chi connectivity index (χ3n) is 8.61. The average molecular weight is 482 g/mol. The first kappa shape index (κ1) is 22.0. The predicted octanol–water partition coefficient (Wildman–Crippen LogP) is 6.25. The maximum absolute atomic E-state index is 15.2. The van der Waals surface area contributed by atoms with Gasteiger partial charge in [0.05, 0.1) is 30.1 Å². The molecule has 7 rings (SSSR count). The summed E-state index contributed by atoms with van der Waals surface area (Å²) in [7, 11) is 0. The Morgan fingerprint density at radius 2 is 1.72 bits per heavy atom. The molecule has 2 aromatic carbocycles. The Morgan fingerprint density at radius 3 is 2.58 bits per heavy atom. The highest BCUT2D eigenvalue weighted by atomic mass is 19.1. The molecule has 1 saturated carbocycles. The lowest BCUT2D eigenvalue weighted by Gasteiger charge is -2.50. The van der Waals surface area contributed by atoms with Gasteiger partial charge in [-0.15, -0.1) is 0 Å². The third-order valence-corrected chi connectivity index (χ3v) is 8.61. The van der Waals surface area contributed by atoms with Gasteiger partial charge in [0.1, 0.15) is 5.82 Å². The van der Waals surface area contributed by atoms with Crippen molar-refractivity contribution >= 4 is 10.9 Å². The number of ether oxygens (including phenoxy) is 2. The van der Waals surface area contributed by atoms with E-state index in [1.807, 2.05) is 42.5 Å². The molecule has 1 saturated heterocycles. The summed E-state index contributed by atoms with van der Waals surface area (Å²) in [5.74, 6) is 0.294. The topological polar surface area (TPSA) is 57.1 Å². The fraction of sp³-hybridized carbons (Fsp3) is 0.367. The number of nitrogens with zero attached hydrogens (tertiary/aromatic N) is 3. The summed E-state index contributed by atoms with van der Waals surface area (Å²) < 4.78 is 27.4. The van der Waals surface area contributed by atoms with Gasteiger partial charge in [0.15, 0.2) is 11.6 Å².